The molecule has 28 heavy (non-hydrogen) atoms. The third-order valence-corrected chi connectivity index (χ3v) is 5.86. The highest BCUT2D eigenvalue weighted by atomic mass is 35.7. The van der Waals surface area contributed by atoms with Crippen LogP contribution in [0.4, 0.5) is 10.5 Å². The fourth-order valence-corrected chi connectivity index (χ4v) is 3.72. The van der Waals surface area contributed by atoms with Crippen molar-refractivity contribution in [1.29, 1.82) is 0 Å². The molecule has 3 rings (SSSR count). The minimum atomic E-state index is -3.33. The highest BCUT2D eigenvalue weighted by Gasteiger charge is 2.12. The Kier molecular flexibility index (Phi) is 6.34. The minimum Gasteiger partial charge on any atom is -0.489 e. The number of carbonyl (C=O) groups is 1. The molecule has 0 aromatic heterocycles. The number of ether oxygens (including phenoxy) is 1. The van der Waals surface area contributed by atoms with Crippen molar-refractivity contribution in [2.75, 3.05) is 5.32 Å². The molecule has 0 saturated heterocycles. The molecule has 7 heteroatoms. The van der Waals surface area contributed by atoms with Gasteiger partial charge in [0.1, 0.15) is 12.4 Å². The molecule has 0 heterocycles. The molecular formula is C21H19ClN2O3S. The fourth-order valence-electron chi connectivity index (χ4n) is 2.39. The van der Waals surface area contributed by atoms with Crippen molar-refractivity contribution in [2.24, 2.45) is 4.36 Å². The number of amides is 2. The van der Waals surface area contributed by atoms with Crippen LogP contribution in [0.15, 0.2) is 88.1 Å². The van der Waals surface area contributed by atoms with Crippen LogP contribution in [-0.4, -0.2) is 10.2 Å². The standard InChI is InChI=1S/C21H19ClN2O3S/c1-16-7-13-20(14-8-16)28(22,26)24-21(25)23-18-9-11-19(12-10-18)27-15-17-5-3-2-4-6-17/h2-14H,15H2,1H3,(H,23,25). The lowest BCUT2D eigenvalue weighted by molar-refractivity contribution is 0.260. The normalized spacial score (nSPS) is 12.6. The molecule has 2 amide bonds. The molecule has 3 aromatic rings. The molecule has 5 nitrogen and oxygen atoms in total. The van der Waals surface area contributed by atoms with Crippen LogP contribution in [0.3, 0.4) is 0 Å². The van der Waals surface area contributed by atoms with Crippen LogP contribution in [0.2, 0.25) is 0 Å². The third kappa shape index (κ3) is 5.58. The van der Waals surface area contributed by atoms with Gasteiger partial charge in [-0.3, -0.25) is 0 Å². The van der Waals surface area contributed by atoms with E-state index in [1.807, 2.05) is 37.3 Å². The molecule has 0 spiro atoms. The van der Waals surface area contributed by atoms with E-state index in [9.17, 15) is 9.00 Å². The smallest absolute Gasteiger partial charge is 0.354 e. The number of anilines is 1. The van der Waals surface area contributed by atoms with Crippen molar-refractivity contribution in [3.63, 3.8) is 0 Å². The fraction of sp³-hybridized carbons (Fsp3) is 0.0952. The van der Waals surface area contributed by atoms with Crippen molar-refractivity contribution in [1.82, 2.24) is 0 Å². The molecule has 144 valence electrons. The number of aryl methyl sites for hydroxylation is 1. The second-order valence-electron chi connectivity index (χ2n) is 6.09. The largest absolute Gasteiger partial charge is 0.489 e. The highest BCUT2D eigenvalue weighted by molar-refractivity contribution is 8.15. The zero-order valence-corrected chi connectivity index (χ0v) is 16.7. The van der Waals surface area contributed by atoms with E-state index in [1.165, 1.54) is 0 Å². The first-order valence-corrected chi connectivity index (χ1v) is 10.9. The van der Waals surface area contributed by atoms with Crippen molar-refractivity contribution in [2.45, 2.75) is 18.4 Å². The molecule has 3 aromatic carbocycles. The van der Waals surface area contributed by atoms with E-state index in [-0.39, 0.29) is 0 Å². The third-order valence-electron chi connectivity index (χ3n) is 3.87. The predicted molar refractivity (Wildman–Crippen MR) is 112 cm³/mol. The Balaban J connectivity index is 1.62. The summed E-state index contributed by atoms with van der Waals surface area (Å²) in [5.41, 5.74) is 2.55. The zero-order chi connectivity index (χ0) is 20.0. The number of benzene rings is 3. The first-order valence-electron chi connectivity index (χ1n) is 8.54. The lowest BCUT2D eigenvalue weighted by Gasteiger charge is -2.08. The van der Waals surface area contributed by atoms with E-state index in [4.69, 9.17) is 15.4 Å². The SMILES string of the molecule is Cc1ccc(S(=O)(Cl)=NC(=O)Nc2ccc(OCc3ccccc3)cc2)cc1. The van der Waals surface area contributed by atoms with Gasteiger partial charge in [0.05, 0.1) is 4.90 Å². The Morgan fingerprint density at radius 3 is 2.29 bits per heavy atom. The van der Waals surface area contributed by atoms with Gasteiger partial charge in [0, 0.05) is 16.4 Å². The quantitative estimate of drug-likeness (QED) is 0.537. The Morgan fingerprint density at radius 2 is 1.64 bits per heavy atom. The predicted octanol–water partition coefficient (Wildman–Crippen LogP) is 5.79. The van der Waals surface area contributed by atoms with Gasteiger partial charge in [0.25, 0.3) is 0 Å². The molecule has 0 fully saturated rings. The van der Waals surface area contributed by atoms with Crippen LogP contribution < -0.4 is 10.1 Å². The molecule has 0 radical (unpaired) electrons. The summed E-state index contributed by atoms with van der Waals surface area (Å²) in [6, 6.07) is 22.6. The summed E-state index contributed by atoms with van der Waals surface area (Å²) in [7, 11) is 2.65. The molecule has 0 bridgehead atoms. The molecule has 0 aliphatic heterocycles. The van der Waals surface area contributed by atoms with Crippen LogP contribution in [-0.2, 0) is 15.5 Å². The molecule has 1 atom stereocenters. The van der Waals surface area contributed by atoms with Crippen LogP contribution in [0.25, 0.3) is 0 Å². The van der Waals surface area contributed by atoms with Crippen LogP contribution >= 0.6 is 10.7 Å². The summed E-state index contributed by atoms with van der Waals surface area (Å²) >= 11 is 0. The topological polar surface area (TPSA) is 67.8 Å². The lowest BCUT2D eigenvalue weighted by Crippen LogP contribution is -2.08. The highest BCUT2D eigenvalue weighted by Crippen LogP contribution is 2.20. The summed E-state index contributed by atoms with van der Waals surface area (Å²) in [6.07, 6.45) is 0. The number of halogens is 1. The maximum atomic E-state index is 12.5. The molecule has 1 unspecified atom stereocenters. The number of hydrogen-bond acceptors (Lipinski definition) is 3. The van der Waals surface area contributed by atoms with E-state index >= 15 is 0 Å². The Labute approximate surface area is 169 Å². The molecule has 0 aliphatic carbocycles. The van der Waals surface area contributed by atoms with Gasteiger partial charge in [0.15, 0.2) is 8.94 Å². The Morgan fingerprint density at radius 1 is 1.00 bits per heavy atom. The van der Waals surface area contributed by atoms with E-state index in [0.29, 0.717) is 22.9 Å². The van der Waals surface area contributed by atoms with Crippen molar-refractivity contribution < 1.29 is 13.7 Å². The van der Waals surface area contributed by atoms with Gasteiger partial charge in [-0.1, -0.05) is 48.0 Å². The molecular weight excluding hydrogens is 396 g/mol. The van der Waals surface area contributed by atoms with Gasteiger partial charge in [-0.05, 0) is 48.9 Å². The number of rotatable bonds is 5. The van der Waals surface area contributed by atoms with Crippen molar-refractivity contribution in [3.05, 3.63) is 90.0 Å². The summed E-state index contributed by atoms with van der Waals surface area (Å²) < 4.78 is 21.8. The van der Waals surface area contributed by atoms with Crippen LogP contribution in [0, 0.1) is 6.92 Å². The molecule has 0 saturated carbocycles. The number of nitrogens with zero attached hydrogens (tertiary/aromatic N) is 1. The minimum absolute atomic E-state index is 0.291. The van der Waals surface area contributed by atoms with E-state index in [1.54, 1.807) is 48.5 Å². The summed E-state index contributed by atoms with van der Waals surface area (Å²) in [4.78, 5) is 12.4. The van der Waals surface area contributed by atoms with E-state index in [2.05, 4.69) is 9.68 Å². The summed E-state index contributed by atoms with van der Waals surface area (Å²) in [6.45, 7) is 2.35. The molecule has 1 N–H and O–H groups in total. The molecule has 0 aliphatic rings. The van der Waals surface area contributed by atoms with Crippen LogP contribution in [0.1, 0.15) is 11.1 Å². The first-order chi connectivity index (χ1) is 13.4. The maximum Gasteiger partial charge on any atom is 0.354 e. The number of urea groups is 1. The average molecular weight is 415 g/mol. The second kappa shape index (κ2) is 8.91. The Hall–Kier alpha value is -2.83. The van der Waals surface area contributed by atoms with Gasteiger partial charge in [-0.15, -0.1) is 4.36 Å². The monoisotopic (exact) mass is 414 g/mol. The average Bonchev–Trinajstić information content (AvgIpc) is 2.68. The van der Waals surface area contributed by atoms with Gasteiger partial charge in [0.2, 0.25) is 0 Å². The van der Waals surface area contributed by atoms with Crippen molar-refractivity contribution in [3.8, 4) is 5.75 Å². The van der Waals surface area contributed by atoms with Gasteiger partial charge < -0.3 is 10.1 Å². The van der Waals surface area contributed by atoms with E-state index in [0.717, 1.165) is 11.1 Å². The summed E-state index contributed by atoms with van der Waals surface area (Å²) in [5.74, 6) is 0.666. The number of carbonyl (C=O) groups excluding carboxylic acids is 1. The maximum absolute atomic E-state index is 12.5. The summed E-state index contributed by atoms with van der Waals surface area (Å²) in [5, 5.41) is 2.56. The zero-order valence-electron chi connectivity index (χ0n) is 15.2. The van der Waals surface area contributed by atoms with Gasteiger partial charge in [-0.25, -0.2) is 9.00 Å². The Bertz CT molecular complexity index is 1060. The van der Waals surface area contributed by atoms with Crippen LogP contribution in [0.5, 0.6) is 5.75 Å². The van der Waals surface area contributed by atoms with Gasteiger partial charge >= 0.3 is 6.03 Å². The van der Waals surface area contributed by atoms with Crippen molar-refractivity contribution >= 4 is 31.3 Å². The second-order valence-corrected chi connectivity index (χ2v) is 8.92. The van der Waals surface area contributed by atoms with Gasteiger partial charge in [-0.2, -0.15) is 0 Å². The number of nitrogens with one attached hydrogen (secondary N) is 1. The van der Waals surface area contributed by atoms with E-state index < -0.39 is 15.0 Å². The number of hydrogen-bond donors (Lipinski definition) is 1. The first kappa shape index (κ1) is 19.9. The lowest BCUT2D eigenvalue weighted by atomic mass is 10.2.